The lowest BCUT2D eigenvalue weighted by atomic mass is 10.1. The molecule has 0 bridgehead atoms. The number of hydrogen-bond donors (Lipinski definition) is 2. The topological polar surface area (TPSA) is 59.8 Å². The second-order valence-electron chi connectivity index (χ2n) is 5.59. The van der Waals surface area contributed by atoms with Gasteiger partial charge in [0.1, 0.15) is 5.75 Å². The molecule has 0 amide bonds. The van der Waals surface area contributed by atoms with E-state index in [1.165, 1.54) is 5.56 Å². The van der Waals surface area contributed by atoms with E-state index in [1.54, 1.807) is 7.11 Å². The summed E-state index contributed by atoms with van der Waals surface area (Å²) in [6, 6.07) is 6.44. The Morgan fingerprint density at radius 1 is 1.38 bits per heavy atom. The molecule has 0 radical (unpaired) electrons. The first-order valence-corrected chi connectivity index (χ1v) is 7.65. The maximum atomic E-state index is 5.94. The van der Waals surface area contributed by atoms with E-state index in [9.17, 15) is 0 Å². The van der Waals surface area contributed by atoms with Crippen molar-refractivity contribution in [3.63, 3.8) is 0 Å². The normalized spacial score (nSPS) is 17.6. The zero-order valence-electron chi connectivity index (χ0n) is 13.1. The van der Waals surface area contributed by atoms with E-state index in [-0.39, 0.29) is 0 Å². The van der Waals surface area contributed by atoms with Crippen LogP contribution in [-0.2, 0) is 11.2 Å². The minimum absolute atomic E-state index is 0.429. The summed E-state index contributed by atoms with van der Waals surface area (Å²) in [6.07, 6.45) is 0.970. The predicted octanol–water partition coefficient (Wildman–Crippen LogP) is 1.13. The molecule has 1 aromatic carbocycles. The van der Waals surface area contributed by atoms with Crippen LogP contribution in [0.15, 0.2) is 18.2 Å². The van der Waals surface area contributed by atoms with Gasteiger partial charge in [-0.15, -0.1) is 0 Å². The van der Waals surface area contributed by atoms with E-state index in [0.717, 1.165) is 51.6 Å². The van der Waals surface area contributed by atoms with E-state index in [0.29, 0.717) is 11.7 Å². The second-order valence-corrected chi connectivity index (χ2v) is 5.59. The summed E-state index contributed by atoms with van der Waals surface area (Å²) in [5.41, 5.74) is 7.88. The standard InChI is InChI=1S/C16H27N3O2/c1-13(18-5-6-19-7-9-21-10-8-19)11-14-3-4-16(20-2)15(17)12-14/h3-4,12-13,18H,5-11,17H2,1-2H3. The lowest BCUT2D eigenvalue weighted by Gasteiger charge is -2.27. The molecule has 2 rings (SSSR count). The van der Waals surface area contributed by atoms with Crippen molar-refractivity contribution in [2.75, 3.05) is 52.2 Å². The quantitative estimate of drug-likeness (QED) is 0.738. The van der Waals surface area contributed by atoms with E-state index in [2.05, 4.69) is 23.2 Å². The zero-order chi connectivity index (χ0) is 15.1. The number of nitrogen functional groups attached to an aromatic ring is 1. The van der Waals surface area contributed by atoms with Crippen molar-refractivity contribution in [3.05, 3.63) is 23.8 Å². The number of methoxy groups -OCH3 is 1. The van der Waals surface area contributed by atoms with Crippen LogP contribution in [0.3, 0.4) is 0 Å². The average Bonchev–Trinajstić information content (AvgIpc) is 2.48. The number of morpholine rings is 1. The molecule has 1 fully saturated rings. The zero-order valence-corrected chi connectivity index (χ0v) is 13.1. The van der Waals surface area contributed by atoms with Crippen LogP contribution in [0.4, 0.5) is 5.69 Å². The van der Waals surface area contributed by atoms with Gasteiger partial charge in [0.15, 0.2) is 0 Å². The molecule has 1 unspecified atom stereocenters. The van der Waals surface area contributed by atoms with Gasteiger partial charge in [0.25, 0.3) is 0 Å². The predicted molar refractivity (Wildman–Crippen MR) is 85.8 cm³/mol. The molecule has 21 heavy (non-hydrogen) atoms. The van der Waals surface area contributed by atoms with Crippen molar-refractivity contribution >= 4 is 5.69 Å². The Balaban J connectivity index is 1.71. The minimum atomic E-state index is 0.429. The number of benzene rings is 1. The third-order valence-electron chi connectivity index (χ3n) is 3.86. The molecule has 1 heterocycles. The maximum Gasteiger partial charge on any atom is 0.141 e. The Labute approximate surface area is 127 Å². The van der Waals surface area contributed by atoms with Crippen LogP contribution in [0.5, 0.6) is 5.75 Å². The Kier molecular flexibility index (Phi) is 6.29. The van der Waals surface area contributed by atoms with Crippen LogP contribution in [-0.4, -0.2) is 57.4 Å². The van der Waals surface area contributed by atoms with Crippen molar-refractivity contribution in [2.24, 2.45) is 0 Å². The fourth-order valence-electron chi connectivity index (χ4n) is 2.63. The highest BCUT2D eigenvalue weighted by atomic mass is 16.5. The number of rotatable bonds is 7. The number of ether oxygens (including phenoxy) is 2. The molecule has 118 valence electrons. The summed E-state index contributed by atoms with van der Waals surface area (Å²) < 4.78 is 10.5. The Morgan fingerprint density at radius 3 is 2.81 bits per heavy atom. The van der Waals surface area contributed by atoms with Gasteiger partial charge in [0.05, 0.1) is 26.0 Å². The van der Waals surface area contributed by atoms with Crippen molar-refractivity contribution in [3.8, 4) is 5.75 Å². The first-order valence-electron chi connectivity index (χ1n) is 7.65. The highest BCUT2D eigenvalue weighted by Crippen LogP contribution is 2.22. The van der Waals surface area contributed by atoms with Gasteiger partial charge in [-0.25, -0.2) is 0 Å². The third kappa shape index (κ3) is 5.19. The molecule has 1 aliphatic rings. The summed E-state index contributed by atoms with van der Waals surface area (Å²) in [6.45, 7) is 8.11. The van der Waals surface area contributed by atoms with E-state index < -0.39 is 0 Å². The van der Waals surface area contributed by atoms with Crippen molar-refractivity contribution < 1.29 is 9.47 Å². The summed E-state index contributed by atoms with van der Waals surface area (Å²) in [5.74, 6) is 0.742. The molecule has 5 heteroatoms. The van der Waals surface area contributed by atoms with Crippen LogP contribution in [0.25, 0.3) is 0 Å². The number of nitrogens with zero attached hydrogens (tertiary/aromatic N) is 1. The monoisotopic (exact) mass is 293 g/mol. The van der Waals surface area contributed by atoms with Gasteiger partial charge < -0.3 is 20.5 Å². The first kappa shape index (κ1) is 16.1. The number of anilines is 1. The van der Waals surface area contributed by atoms with Crippen molar-refractivity contribution in [2.45, 2.75) is 19.4 Å². The van der Waals surface area contributed by atoms with E-state index in [4.69, 9.17) is 15.2 Å². The van der Waals surface area contributed by atoms with Crippen molar-refractivity contribution in [1.29, 1.82) is 0 Å². The molecular formula is C16H27N3O2. The molecule has 1 saturated heterocycles. The van der Waals surface area contributed by atoms with E-state index >= 15 is 0 Å². The molecule has 3 N–H and O–H groups in total. The van der Waals surface area contributed by atoms with Gasteiger partial charge in [-0.2, -0.15) is 0 Å². The summed E-state index contributed by atoms with van der Waals surface area (Å²) in [5, 5.41) is 3.57. The Morgan fingerprint density at radius 2 is 2.14 bits per heavy atom. The fraction of sp³-hybridized carbons (Fsp3) is 0.625. The summed E-state index contributed by atoms with van der Waals surface area (Å²) in [4.78, 5) is 2.44. The Hall–Kier alpha value is -1.30. The second kappa shape index (κ2) is 8.22. The van der Waals surface area contributed by atoms with Crippen molar-refractivity contribution in [1.82, 2.24) is 10.2 Å². The molecule has 0 aliphatic carbocycles. The summed E-state index contributed by atoms with van der Waals surface area (Å²) in [7, 11) is 1.64. The van der Waals surface area contributed by atoms with Crippen LogP contribution < -0.4 is 15.8 Å². The molecule has 1 atom stereocenters. The van der Waals surface area contributed by atoms with Gasteiger partial charge in [-0.05, 0) is 31.0 Å². The maximum absolute atomic E-state index is 5.94. The first-order chi connectivity index (χ1) is 10.2. The molecular weight excluding hydrogens is 266 g/mol. The SMILES string of the molecule is COc1ccc(CC(C)NCCN2CCOCC2)cc1N. The lowest BCUT2D eigenvalue weighted by molar-refractivity contribution is 0.0382. The molecule has 0 aromatic heterocycles. The van der Waals surface area contributed by atoms with E-state index in [1.807, 2.05) is 12.1 Å². The van der Waals surface area contributed by atoms with Crippen LogP contribution in [0.1, 0.15) is 12.5 Å². The number of hydrogen-bond acceptors (Lipinski definition) is 5. The highest BCUT2D eigenvalue weighted by molar-refractivity contribution is 5.54. The molecule has 0 spiro atoms. The fourth-order valence-corrected chi connectivity index (χ4v) is 2.63. The summed E-state index contributed by atoms with van der Waals surface area (Å²) >= 11 is 0. The lowest BCUT2D eigenvalue weighted by Crippen LogP contribution is -2.42. The highest BCUT2D eigenvalue weighted by Gasteiger charge is 2.10. The van der Waals surface area contributed by atoms with Gasteiger partial charge >= 0.3 is 0 Å². The number of nitrogens with one attached hydrogen (secondary N) is 1. The van der Waals surface area contributed by atoms with Gasteiger partial charge in [0, 0.05) is 32.2 Å². The van der Waals surface area contributed by atoms with Gasteiger partial charge in [-0.1, -0.05) is 6.07 Å². The number of nitrogens with two attached hydrogens (primary N) is 1. The molecule has 1 aliphatic heterocycles. The van der Waals surface area contributed by atoms with Gasteiger partial charge in [0.2, 0.25) is 0 Å². The molecule has 0 saturated carbocycles. The molecule has 5 nitrogen and oxygen atoms in total. The van der Waals surface area contributed by atoms with Crippen LogP contribution >= 0.6 is 0 Å². The van der Waals surface area contributed by atoms with Crippen LogP contribution in [0.2, 0.25) is 0 Å². The van der Waals surface area contributed by atoms with Crippen LogP contribution in [0, 0.1) is 0 Å². The van der Waals surface area contributed by atoms with Gasteiger partial charge in [-0.3, -0.25) is 4.90 Å². The minimum Gasteiger partial charge on any atom is -0.495 e. The largest absolute Gasteiger partial charge is 0.495 e. The molecule has 1 aromatic rings. The smallest absolute Gasteiger partial charge is 0.141 e. The Bertz CT molecular complexity index is 434. The average molecular weight is 293 g/mol. The third-order valence-corrected chi connectivity index (χ3v) is 3.86.